The number of aliphatic hydroxyl groups is 3. The lowest BCUT2D eigenvalue weighted by atomic mass is 9.84. The molecule has 0 fully saturated rings. The highest BCUT2D eigenvalue weighted by molar-refractivity contribution is 5.94. The first-order valence-corrected chi connectivity index (χ1v) is 10.1. The zero-order chi connectivity index (χ0) is 22.7. The first-order valence-electron chi connectivity index (χ1n) is 10.1. The Hall–Kier alpha value is -2.22. The van der Waals surface area contributed by atoms with Gasteiger partial charge in [-0.3, -0.25) is 9.59 Å². The van der Waals surface area contributed by atoms with Gasteiger partial charge in [-0.25, -0.2) is 0 Å². The highest BCUT2D eigenvalue weighted by Gasteiger charge is 2.41. The van der Waals surface area contributed by atoms with Gasteiger partial charge in [-0.15, -0.1) is 0 Å². The van der Waals surface area contributed by atoms with Crippen LogP contribution in [0, 0.1) is 0 Å². The van der Waals surface area contributed by atoms with E-state index in [0.717, 1.165) is 5.57 Å². The van der Waals surface area contributed by atoms with Crippen LogP contribution in [0.5, 0.6) is 11.5 Å². The maximum absolute atomic E-state index is 11.5. The third kappa shape index (κ3) is 5.28. The molecule has 1 aromatic rings. The normalized spacial score (nSPS) is 22.8. The molecule has 3 unspecified atom stereocenters. The number of phenols is 1. The van der Waals surface area contributed by atoms with Crippen LogP contribution in [0.2, 0.25) is 0 Å². The van der Waals surface area contributed by atoms with Crippen molar-refractivity contribution in [1.82, 2.24) is 0 Å². The second-order valence-corrected chi connectivity index (χ2v) is 8.87. The molecule has 0 saturated heterocycles. The van der Waals surface area contributed by atoms with E-state index in [0.29, 0.717) is 43.8 Å². The third-order valence-electron chi connectivity index (χ3n) is 5.87. The molecule has 0 aromatic heterocycles. The number of hydrogen-bond acceptors (Lipinski definition) is 7. The van der Waals surface area contributed by atoms with Gasteiger partial charge in [-0.1, -0.05) is 11.6 Å². The largest absolute Gasteiger partial charge is 0.508 e. The zero-order valence-electron chi connectivity index (χ0n) is 18.0. The Kier molecular flexibility index (Phi) is 7.45. The van der Waals surface area contributed by atoms with E-state index in [4.69, 9.17) is 4.74 Å². The number of carbonyl (C=O) groups is 2. The number of phenolic OH excluding ortho intramolecular Hbond substituents is 1. The number of rotatable bonds is 9. The van der Waals surface area contributed by atoms with Crippen LogP contribution in [0.4, 0.5) is 0 Å². The van der Waals surface area contributed by atoms with Crippen molar-refractivity contribution in [2.75, 3.05) is 0 Å². The SMILES string of the molecule is C/C(=C\CCC1(C)Oc2c(C=O)c(C=O)cc(O)c2CC1O)CCC(O)C(C)(C)O. The van der Waals surface area contributed by atoms with E-state index in [-0.39, 0.29) is 29.0 Å². The van der Waals surface area contributed by atoms with E-state index in [1.54, 1.807) is 20.8 Å². The first kappa shape index (κ1) is 24.1. The van der Waals surface area contributed by atoms with Crippen LogP contribution >= 0.6 is 0 Å². The van der Waals surface area contributed by atoms with Gasteiger partial charge in [-0.2, -0.15) is 0 Å². The van der Waals surface area contributed by atoms with E-state index < -0.39 is 23.4 Å². The fraction of sp³-hybridized carbons (Fsp3) is 0.565. The Balaban J connectivity index is 2.12. The summed E-state index contributed by atoms with van der Waals surface area (Å²) >= 11 is 0. The summed E-state index contributed by atoms with van der Waals surface area (Å²) in [5.74, 6) is -0.0335. The molecule has 1 heterocycles. The van der Waals surface area contributed by atoms with Gasteiger partial charge in [0.25, 0.3) is 0 Å². The minimum absolute atomic E-state index is 0.0427. The molecule has 7 heteroatoms. The molecule has 4 N–H and O–H groups in total. The van der Waals surface area contributed by atoms with Gasteiger partial charge in [0, 0.05) is 17.5 Å². The van der Waals surface area contributed by atoms with E-state index in [2.05, 4.69) is 0 Å². The van der Waals surface area contributed by atoms with Gasteiger partial charge < -0.3 is 25.2 Å². The molecule has 0 radical (unpaired) electrons. The lowest BCUT2D eigenvalue weighted by Gasteiger charge is -2.40. The van der Waals surface area contributed by atoms with Gasteiger partial charge in [0.05, 0.1) is 23.4 Å². The van der Waals surface area contributed by atoms with Gasteiger partial charge in [0.15, 0.2) is 12.6 Å². The standard InChI is InChI=1S/C23H32O7/c1-14(7-8-19(27)22(2,3)29)6-5-9-23(4)20(28)11-16-18(26)10-15(12-24)17(13-25)21(16)30-23/h6,10,12-13,19-20,26-29H,5,7-9,11H2,1-4H3/b14-6+. The number of ether oxygens (including phenoxy) is 1. The maximum atomic E-state index is 11.5. The van der Waals surface area contributed by atoms with Crippen molar-refractivity contribution in [3.63, 3.8) is 0 Å². The summed E-state index contributed by atoms with van der Waals surface area (Å²) in [6, 6.07) is 1.21. The Bertz CT molecular complexity index is 822. The topological polar surface area (TPSA) is 124 Å². The fourth-order valence-electron chi connectivity index (χ4n) is 3.61. The molecule has 0 bridgehead atoms. The molecule has 0 saturated carbocycles. The molecule has 30 heavy (non-hydrogen) atoms. The van der Waals surface area contributed by atoms with Crippen LogP contribution in [0.3, 0.4) is 0 Å². The zero-order valence-corrected chi connectivity index (χ0v) is 18.0. The minimum Gasteiger partial charge on any atom is -0.508 e. The highest BCUT2D eigenvalue weighted by atomic mass is 16.5. The van der Waals surface area contributed by atoms with Gasteiger partial charge in [-0.05, 0) is 59.4 Å². The van der Waals surface area contributed by atoms with Crippen molar-refractivity contribution in [2.24, 2.45) is 0 Å². The van der Waals surface area contributed by atoms with Crippen molar-refractivity contribution in [3.05, 3.63) is 34.4 Å². The van der Waals surface area contributed by atoms with Crippen molar-refractivity contribution in [3.8, 4) is 11.5 Å². The molecule has 2 rings (SSSR count). The minimum atomic E-state index is -1.15. The molecule has 0 aliphatic carbocycles. The summed E-state index contributed by atoms with van der Waals surface area (Å²) in [5, 5.41) is 40.6. The average molecular weight is 421 g/mol. The second kappa shape index (κ2) is 9.29. The number of fused-ring (bicyclic) bond motifs is 1. The molecule has 7 nitrogen and oxygen atoms in total. The van der Waals surface area contributed by atoms with Crippen molar-refractivity contribution in [1.29, 1.82) is 0 Å². The van der Waals surface area contributed by atoms with Crippen LogP contribution < -0.4 is 4.74 Å². The molecule has 3 atom stereocenters. The van der Waals surface area contributed by atoms with Crippen LogP contribution in [0.25, 0.3) is 0 Å². The molecule has 166 valence electrons. The lowest BCUT2D eigenvalue weighted by Crippen LogP contribution is -2.49. The Morgan fingerprint density at radius 2 is 2.03 bits per heavy atom. The quantitative estimate of drug-likeness (QED) is 0.358. The number of allylic oxidation sites excluding steroid dienone is 2. The highest BCUT2D eigenvalue weighted by Crippen LogP contribution is 2.43. The Morgan fingerprint density at radius 1 is 1.37 bits per heavy atom. The summed E-state index contributed by atoms with van der Waals surface area (Å²) in [6.45, 7) is 6.81. The number of benzene rings is 1. The first-order chi connectivity index (χ1) is 13.9. The molecule has 0 amide bonds. The monoisotopic (exact) mass is 420 g/mol. The number of aliphatic hydroxyl groups excluding tert-OH is 2. The summed E-state index contributed by atoms with van der Waals surface area (Å²) in [5.41, 5.74) is -0.669. The summed E-state index contributed by atoms with van der Waals surface area (Å²) in [6.07, 6.45) is 3.50. The van der Waals surface area contributed by atoms with Crippen LogP contribution in [0.15, 0.2) is 17.7 Å². The Morgan fingerprint density at radius 3 is 2.60 bits per heavy atom. The summed E-state index contributed by atoms with van der Waals surface area (Å²) in [7, 11) is 0. The van der Waals surface area contributed by atoms with Crippen LogP contribution in [-0.2, 0) is 6.42 Å². The maximum Gasteiger partial charge on any atom is 0.154 e. The lowest BCUT2D eigenvalue weighted by molar-refractivity contribution is -0.0595. The number of carbonyl (C=O) groups excluding carboxylic acids is 2. The molecule has 1 aromatic carbocycles. The molecule has 0 spiro atoms. The number of hydrogen-bond donors (Lipinski definition) is 4. The second-order valence-electron chi connectivity index (χ2n) is 8.87. The molecular formula is C23H32O7. The molecule has 1 aliphatic rings. The average Bonchev–Trinajstić information content (AvgIpc) is 2.66. The van der Waals surface area contributed by atoms with Gasteiger partial charge in [0.1, 0.15) is 17.1 Å². The van der Waals surface area contributed by atoms with Gasteiger partial charge >= 0.3 is 0 Å². The fourth-order valence-corrected chi connectivity index (χ4v) is 3.61. The smallest absolute Gasteiger partial charge is 0.154 e. The van der Waals surface area contributed by atoms with E-state index in [1.165, 1.54) is 6.07 Å². The summed E-state index contributed by atoms with van der Waals surface area (Å²) in [4.78, 5) is 22.8. The Labute approximate surface area is 177 Å². The molecule has 1 aliphatic heterocycles. The van der Waals surface area contributed by atoms with Crippen molar-refractivity contribution < 1.29 is 34.8 Å². The van der Waals surface area contributed by atoms with Crippen molar-refractivity contribution in [2.45, 2.75) is 83.2 Å². The van der Waals surface area contributed by atoms with E-state index in [1.807, 2.05) is 13.0 Å². The van der Waals surface area contributed by atoms with Crippen molar-refractivity contribution >= 4 is 12.6 Å². The molecular weight excluding hydrogens is 388 g/mol. The predicted octanol–water partition coefficient (Wildman–Crippen LogP) is 2.71. The van der Waals surface area contributed by atoms with Crippen LogP contribution in [0.1, 0.15) is 79.7 Å². The van der Waals surface area contributed by atoms with E-state index >= 15 is 0 Å². The van der Waals surface area contributed by atoms with Crippen LogP contribution in [-0.4, -0.2) is 56.4 Å². The third-order valence-corrected chi connectivity index (χ3v) is 5.87. The number of aromatic hydroxyl groups is 1. The summed E-state index contributed by atoms with van der Waals surface area (Å²) < 4.78 is 6.00. The predicted molar refractivity (Wildman–Crippen MR) is 112 cm³/mol. The van der Waals surface area contributed by atoms with E-state index in [9.17, 15) is 30.0 Å². The number of aldehydes is 2. The van der Waals surface area contributed by atoms with Gasteiger partial charge in [0.2, 0.25) is 0 Å².